The molecule has 0 atom stereocenters. The van der Waals surface area contributed by atoms with E-state index in [-0.39, 0.29) is 10.8 Å². The van der Waals surface area contributed by atoms with E-state index in [0.717, 1.165) is 47.0 Å². The molecule has 12 aliphatic rings. The Bertz CT molecular complexity index is 3150. The molecule has 0 saturated heterocycles. The van der Waals surface area contributed by atoms with Crippen LogP contribution in [0.5, 0.6) is 11.5 Å². The van der Waals surface area contributed by atoms with Gasteiger partial charge in [-0.25, -0.2) is 0 Å². The van der Waals surface area contributed by atoms with Crippen LogP contribution in [0, 0.1) is 35.5 Å². The normalized spacial score (nSPS) is 34.2. The zero-order valence-corrected chi connectivity index (χ0v) is 33.9. The molecule has 60 heavy (non-hydrogen) atoms. The number of fused-ring (bicyclic) bond motifs is 9. The van der Waals surface area contributed by atoms with Gasteiger partial charge in [-0.05, 0) is 195 Å². The molecule has 0 radical (unpaired) electrons. The molecule has 8 heterocycles. The van der Waals surface area contributed by atoms with Gasteiger partial charge < -0.3 is 4.74 Å². The van der Waals surface area contributed by atoms with E-state index in [2.05, 4.69) is 115 Å². The topological polar surface area (TPSA) is 26.8 Å². The SMILES string of the molecule is c1cc2c3c(c1)-n1c4ccccc4c4c(C56CC7CC(CC(C7)C5)C6)cc5[n+](c41)C31c3c(cccc3-n3c4ccccc4c4c(C67CC8CC(CC(C8)C6)C7)cc-5[n+]1c43)O2. The first-order valence-electron chi connectivity index (χ1n) is 23.6. The lowest BCUT2D eigenvalue weighted by atomic mass is 9.47. The molecule has 8 fully saturated rings. The lowest BCUT2D eigenvalue weighted by molar-refractivity contribution is -0.920. The molecular weight excluding hydrogens is 733 g/mol. The summed E-state index contributed by atoms with van der Waals surface area (Å²) in [5.41, 5.74) is 16.6. The molecule has 290 valence electrons. The van der Waals surface area contributed by atoms with Crippen LogP contribution in [0.1, 0.15) is 99.3 Å². The summed E-state index contributed by atoms with van der Waals surface area (Å²) in [4.78, 5) is 0. The van der Waals surface area contributed by atoms with Crippen molar-refractivity contribution < 1.29 is 13.9 Å². The van der Waals surface area contributed by atoms with E-state index in [1.54, 1.807) is 11.1 Å². The first-order valence-corrected chi connectivity index (χ1v) is 23.6. The molecule has 4 aromatic carbocycles. The standard InChI is InChI=1S/C55H46N4O/c1-3-9-39-35(7-1)47-37(53-23-29-15-30(24-53)17-31(16-29)25-53)21-43-44-22-38(54-26-32-18-33(27-54)20-34(19-32)28-54)48-36-8-2-4-10-40(36)57-42-12-6-14-46-50(42)55(59(44)52(48)57)49-41(11-5-13-45(49)60-46)56(39)51(47)58(43)55/h1-14,21-22,29-34H,15-20,23-28H2/q+2. The third-order valence-electron chi connectivity index (χ3n) is 19.2. The van der Waals surface area contributed by atoms with E-state index in [1.165, 1.54) is 155 Å². The van der Waals surface area contributed by atoms with Crippen LogP contribution >= 0.6 is 0 Å². The molecule has 0 unspecified atom stereocenters. The largest absolute Gasteiger partial charge is 0.456 e. The van der Waals surface area contributed by atoms with Crippen LogP contribution in [0.3, 0.4) is 0 Å². The molecule has 5 heteroatoms. The van der Waals surface area contributed by atoms with E-state index in [4.69, 9.17) is 4.74 Å². The monoisotopic (exact) mass is 778 g/mol. The highest BCUT2D eigenvalue weighted by atomic mass is 16.5. The van der Waals surface area contributed by atoms with E-state index >= 15 is 0 Å². The Morgan fingerprint density at radius 1 is 0.467 bits per heavy atom. The van der Waals surface area contributed by atoms with Gasteiger partial charge in [0.05, 0.1) is 10.8 Å². The summed E-state index contributed by atoms with van der Waals surface area (Å²) in [5, 5.41) is 5.87. The van der Waals surface area contributed by atoms with Gasteiger partial charge in [-0.2, -0.15) is 18.3 Å². The molecule has 8 aromatic rings. The minimum atomic E-state index is -0.633. The van der Waals surface area contributed by atoms with Crippen LogP contribution < -0.4 is 13.9 Å². The number of hydrogen-bond acceptors (Lipinski definition) is 1. The van der Waals surface area contributed by atoms with E-state index < -0.39 is 5.66 Å². The van der Waals surface area contributed by atoms with Gasteiger partial charge in [0.1, 0.15) is 45.0 Å². The van der Waals surface area contributed by atoms with Gasteiger partial charge in [0.15, 0.2) is 11.4 Å². The number of nitrogens with zero attached hydrogens (tertiary/aromatic N) is 4. The average Bonchev–Trinajstić information content (AvgIpc) is 3.87. The highest BCUT2D eigenvalue weighted by Gasteiger charge is 2.70. The molecule has 4 aliphatic heterocycles. The van der Waals surface area contributed by atoms with Gasteiger partial charge in [0.2, 0.25) is 0 Å². The van der Waals surface area contributed by atoms with E-state index in [9.17, 15) is 0 Å². The lowest BCUT2D eigenvalue weighted by Gasteiger charge is -2.57. The van der Waals surface area contributed by atoms with Crippen molar-refractivity contribution in [2.45, 2.75) is 93.5 Å². The summed E-state index contributed by atoms with van der Waals surface area (Å²) < 4.78 is 18.4. The zero-order chi connectivity index (χ0) is 38.2. The van der Waals surface area contributed by atoms with Crippen molar-refractivity contribution in [1.29, 1.82) is 0 Å². The highest BCUT2D eigenvalue weighted by molar-refractivity contribution is 6.12. The predicted molar refractivity (Wildman–Crippen MR) is 232 cm³/mol. The third-order valence-corrected chi connectivity index (χ3v) is 19.2. The summed E-state index contributed by atoms with van der Waals surface area (Å²) in [6, 6.07) is 38.4. The fourth-order valence-corrected chi connectivity index (χ4v) is 18.5. The smallest absolute Gasteiger partial charge is 0.323 e. The van der Waals surface area contributed by atoms with Gasteiger partial charge in [0.25, 0.3) is 11.3 Å². The Labute approximate surface area is 348 Å². The molecule has 4 aromatic heterocycles. The summed E-state index contributed by atoms with van der Waals surface area (Å²) in [7, 11) is 0. The minimum absolute atomic E-state index is 0.225. The summed E-state index contributed by atoms with van der Waals surface area (Å²) in [6.07, 6.45) is 16.9. The number of pyridine rings is 2. The highest BCUT2D eigenvalue weighted by Crippen LogP contribution is 2.66. The maximum Gasteiger partial charge on any atom is 0.323 e. The Balaban J connectivity index is 1.10. The van der Waals surface area contributed by atoms with Gasteiger partial charge in [-0.1, -0.05) is 36.4 Å². The first-order chi connectivity index (χ1) is 29.6. The molecule has 0 N–H and O–H groups in total. The molecular formula is C55H46N4O+2. The summed E-state index contributed by atoms with van der Waals surface area (Å²) in [6.45, 7) is 0. The van der Waals surface area contributed by atoms with Crippen LogP contribution in [0.4, 0.5) is 0 Å². The molecule has 1 spiro atoms. The average molecular weight is 779 g/mol. The van der Waals surface area contributed by atoms with Crippen molar-refractivity contribution in [3.8, 4) is 34.3 Å². The zero-order valence-electron chi connectivity index (χ0n) is 33.9. The molecule has 8 aliphatic carbocycles. The summed E-state index contributed by atoms with van der Waals surface area (Å²) >= 11 is 0. The number of para-hydroxylation sites is 2. The number of hydrogen-bond donors (Lipinski definition) is 0. The maximum atomic E-state index is 7.21. The third kappa shape index (κ3) is 3.04. The van der Waals surface area contributed by atoms with Crippen molar-refractivity contribution in [3.05, 3.63) is 119 Å². The maximum absolute atomic E-state index is 7.21. The molecule has 20 rings (SSSR count). The number of rotatable bonds is 2. The van der Waals surface area contributed by atoms with Gasteiger partial charge >= 0.3 is 5.66 Å². The van der Waals surface area contributed by atoms with Crippen molar-refractivity contribution in [1.82, 2.24) is 9.13 Å². The molecule has 0 amide bonds. The first kappa shape index (κ1) is 30.6. The van der Waals surface area contributed by atoms with Crippen LogP contribution in [0.25, 0.3) is 66.6 Å². The molecule has 5 nitrogen and oxygen atoms in total. The second kappa shape index (κ2) is 9.39. The van der Waals surface area contributed by atoms with Crippen LogP contribution in [0.2, 0.25) is 0 Å². The Hall–Kier alpha value is -5.42. The Morgan fingerprint density at radius 2 is 0.867 bits per heavy atom. The fraction of sp³-hybridized carbons (Fsp3) is 0.382. The van der Waals surface area contributed by atoms with E-state index in [1.807, 2.05) is 0 Å². The fourth-order valence-electron chi connectivity index (χ4n) is 18.5. The van der Waals surface area contributed by atoms with Crippen molar-refractivity contribution in [3.63, 3.8) is 0 Å². The van der Waals surface area contributed by atoms with Crippen LogP contribution in [-0.4, -0.2) is 9.13 Å². The van der Waals surface area contributed by atoms with E-state index in [0.29, 0.717) is 0 Å². The second-order valence-electron chi connectivity index (χ2n) is 22.1. The number of benzene rings is 4. The van der Waals surface area contributed by atoms with Crippen LogP contribution in [0.15, 0.2) is 97.1 Å². The van der Waals surface area contributed by atoms with Crippen LogP contribution in [-0.2, 0) is 16.5 Å². The minimum Gasteiger partial charge on any atom is -0.456 e. The van der Waals surface area contributed by atoms with Gasteiger partial charge in [-0.15, -0.1) is 0 Å². The second-order valence-corrected chi connectivity index (χ2v) is 22.1. The number of aromatic nitrogens is 4. The summed E-state index contributed by atoms with van der Waals surface area (Å²) in [5.74, 6) is 7.19. The molecule has 8 saturated carbocycles. The lowest BCUT2D eigenvalue weighted by Crippen LogP contribution is -2.75. The van der Waals surface area contributed by atoms with Crippen molar-refractivity contribution in [2.75, 3.05) is 0 Å². The van der Waals surface area contributed by atoms with Gasteiger partial charge in [0, 0.05) is 10.8 Å². The Kier molecular flexibility index (Phi) is 4.79. The molecule has 8 bridgehead atoms. The van der Waals surface area contributed by atoms with Gasteiger partial charge in [-0.3, -0.25) is 0 Å². The van der Waals surface area contributed by atoms with Crippen molar-refractivity contribution >= 4 is 43.9 Å². The number of ether oxygens (including phenoxy) is 1. The Morgan fingerprint density at radius 3 is 1.28 bits per heavy atom. The quantitative estimate of drug-likeness (QED) is 0.161. The predicted octanol–water partition coefficient (Wildman–Crippen LogP) is 11.4. The van der Waals surface area contributed by atoms with Crippen molar-refractivity contribution in [2.24, 2.45) is 35.5 Å².